The predicted molar refractivity (Wildman–Crippen MR) is 79.0 cm³/mol. The molecule has 0 aliphatic rings. The third-order valence-electron chi connectivity index (χ3n) is 2.36. The monoisotopic (exact) mass is 343 g/mol. The lowest BCUT2D eigenvalue weighted by atomic mass is 9.93. The third-order valence-corrected chi connectivity index (χ3v) is 3.97. The Morgan fingerprint density at radius 3 is 2.25 bits per heavy atom. The Morgan fingerprint density at radius 1 is 1.12 bits per heavy atom. The molecular formula is C13H14INS. The molecule has 16 heavy (non-hydrogen) atoms. The van der Waals surface area contributed by atoms with Crippen molar-refractivity contribution in [3.63, 3.8) is 0 Å². The molecule has 0 radical (unpaired) electrons. The van der Waals surface area contributed by atoms with Crippen LogP contribution in [-0.2, 0) is 5.41 Å². The number of benzene rings is 1. The van der Waals surface area contributed by atoms with Gasteiger partial charge in [-0.15, -0.1) is 11.3 Å². The van der Waals surface area contributed by atoms with Crippen molar-refractivity contribution in [3.8, 4) is 10.6 Å². The van der Waals surface area contributed by atoms with E-state index in [1.807, 2.05) is 0 Å². The Kier molecular flexibility index (Phi) is 3.35. The van der Waals surface area contributed by atoms with E-state index < -0.39 is 0 Å². The maximum atomic E-state index is 4.70. The van der Waals surface area contributed by atoms with Gasteiger partial charge in [0.05, 0.1) is 5.69 Å². The van der Waals surface area contributed by atoms with Crippen molar-refractivity contribution < 1.29 is 0 Å². The van der Waals surface area contributed by atoms with E-state index in [1.165, 1.54) is 14.8 Å². The van der Waals surface area contributed by atoms with E-state index in [0.29, 0.717) is 0 Å². The fourth-order valence-corrected chi connectivity index (χ4v) is 2.76. The second-order valence-corrected chi connectivity index (χ2v) is 6.90. The highest BCUT2D eigenvalue weighted by molar-refractivity contribution is 14.1. The first-order valence-electron chi connectivity index (χ1n) is 5.19. The quantitative estimate of drug-likeness (QED) is 0.683. The summed E-state index contributed by atoms with van der Waals surface area (Å²) in [6.07, 6.45) is 0. The molecule has 0 atom stereocenters. The SMILES string of the molecule is CC(C)(C)c1csc(-c2ccc(I)cc2)n1. The molecule has 0 unspecified atom stereocenters. The Morgan fingerprint density at radius 2 is 1.75 bits per heavy atom. The first kappa shape index (κ1) is 12.0. The fraction of sp³-hybridized carbons (Fsp3) is 0.308. The van der Waals surface area contributed by atoms with Crippen LogP contribution in [-0.4, -0.2) is 4.98 Å². The summed E-state index contributed by atoms with van der Waals surface area (Å²) in [5.41, 5.74) is 2.52. The normalized spacial score (nSPS) is 11.8. The standard InChI is InChI=1S/C13H14INS/c1-13(2,3)11-8-16-12(15-11)9-4-6-10(14)7-5-9/h4-8H,1-3H3. The number of hydrogen-bond acceptors (Lipinski definition) is 2. The third kappa shape index (κ3) is 2.63. The van der Waals surface area contributed by atoms with Crippen LogP contribution >= 0.6 is 33.9 Å². The molecule has 3 heteroatoms. The largest absolute Gasteiger partial charge is 0.241 e. The summed E-state index contributed by atoms with van der Waals surface area (Å²) in [4.78, 5) is 4.70. The second kappa shape index (κ2) is 4.45. The molecule has 2 aromatic rings. The molecule has 0 amide bonds. The maximum Gasteiger partial charge on any atom is 0.123 e. The number of thiazole rings is 1. The van der Waals surface area contributed by atoms with Gasteiger partial charge in [-0.25, -0.2) is 4.98 Å². The van der Waals surface area contributed by atoms with Crippen LogP contribution in [0.3, 0.4) is 0 Å². The zero-order chi connectivity index (χ0) is 11.8. The average Bonchev–Trinajstić information content (AvgIpc) is 2.67. The summed E-state index contributed by atoms with van der Waals surface area (Å²) in [5.74, 6) is 0. The summed E-state index contributed by atoms with van der Waals surface area (Å²) in [5, 5.41) is 3.27. The highest BCUT2D eigenvalue weighted by Crippen LogP contribution is 2.29. The smallest absolute Gasteiger partial charge is 0.123 e. The van der Waals surface area contributed by atoms with E-state index in [9.17, 15) is 0 Å². The Bertz CT molecular complexity index is 479. The molecule has 0 saturated carbocycles. The van der Waals surface area contributed by atoms with Gasteiger partial charge in [-0.05, 0) is 34.7 Å². The number of hydrogen-bond donors (Lipinski definition) is 0. The van der Waals surface area contributed by atoms with E-state index >= 15 is 0 Å². The summed E-state index contributed by atoms with van der Waals surface area (Å²) < 4.78 is 1.26. The topological polar surface area (TPSA) is 12.9 Å². The van der Waals surface area contributed by atoms with Gasteiger partial charge >= 0.3 is 0 Å². The minimum absolute atomic E-state index is 0.137. The molecule has 0 bridgehead atoms. The number of halogens is 1. The van der Waals surface area contributed by atoms with Gasteiger partial charge in [0.25, 0.3) is 0 Å². The number of aromatic nitrogens is 1. The highest BCUT2D eigenvalue weighted by atomic mass is 127. The Hall–Kier alpha value is -0.420. The van der Waals surface area contributed by atoms with Gasteiger partial charge in [0, 0.05) is 19.9 Å². The molecular weight excluding hydrogens is 329 g/mol. The zero-order valence-corrected chi connectivity index (χ0v) is 12.6. The molecule has 0 spiro atoms. The van der Waals surface area contributed by atoms with Gasteiger partial charge in [0.1, 0.15) is 5.01 Å². The van der Waals surface area contributed by atoms with E-state index in [4.69, 9.17) is 4.98 Å². The minimum Gasteiger partial charge on any atom is -0.241 e. The lowest BCUT2D eigenvalue weighted by Crippen LogP contribution is -2.11. The van der Waals surface area contributed by atoms with Crippen LogP contribution in [0.2, 0.25) is 0 Å². The highest BCUT2D eigenvalue weighted by Gasteiger charge is 2.17. The van der Waals surface area contributed by atoms with E-state index in [0.717, 1.165) is 5.01 Å². The number of rotatable bonds is 1. The van der Waals surface area contributed by atoms with Gasteiger partial charge in [0.15, 0.2) is 0 Å². The van der Waals surface area contributed by atoms with Crippen LogP contribution in [0.1, 0.15) is 26.5 Å². The summed E-state index contributed by atoms with van der Waals surface area (Å²) in [6.45, 7) is 6.58. The molecule has 1 aromatic carbocycles. The second-order valence-electron chi connectivity index (χ2n) is 4.79. The first-order valence-corrected chi connectivity index (χ1v) is 7.14. The Labute approximate surface area is 114 Å². The summed E-state index contributed by atoms with van der Waals surface area (Å²) in [6, 6.07) is 8.50. The first-order chi connectivity index (χ1) is 7.47. The zero-order valence-electron chi connectivity index (χ0n) is 9.62. The van der Waals surface area contributed by atoms with Crippen molar-refractivity contribution in [2.24, 2.45) is 0 Å². The lowest BCUT2D eigenvalue weighted by Gasteiger charge is -2.14. The van der Waals surface area contributed by atoms with Gasteiger partial charge in [-0.1, -0.05) is 32.9 Å². The van der Waals surface area contributed by atoms with Crippen LogP contribution in [0.4, 0.5) is 0 Å². The van der Waals surface area contributed by atoms with Crippen molar-refractivity contribution in [2.75, 3.05) is 0 Å². The molecule has 84 valence electrons. The molecule has 0 N–H and O–H groups in total. The molecule has 2 rings (SSSR count). The van der Waals surface area contributed by atoms with E-state index in [2.05, 4.69) is 73.0 Å². The van der Waals surface area contributed by atoms with E-state index in [-0.39, 0.29) is 5.41 Å². The van der Waals surface area contributed by atoms with Crippen molar-refractivity contribution in [2.45, 2.75) is 26.2 Å². The van der Waals surface area contributed by atoms with E-state index in [1.54, 1.807) is 11.3 Å². The average molecular weight is 343 g/mol. The molecule has 1 heterocycles. The molecule has 1 aromatic heterocycles. The Balaban J connectivity index is 2.35. The van der Waals surface area contributed by atoms with Gasteiger partial charge < -0.3 is 0 Å². The van der Waals surface area contributed by atoms with Crippen LogP contribution in [0.5, 0.6) is 0 Å². The van der Waals surface area contributed by atoms with Crippen LogP contribution in [0.15, 0.2) is 29.6 Å². The van der Waals surface area contributed by atoms with Crippen molar-refractivity contribution in [1.82, 2.24) is 4.98 Å². The van der Waals surface area contributed by atoms with Gasteiger partial charge in [0.2, 0.25) is 0 Å². The summed E-state index contributed by atoms with van der Waals surface area (Å²) >= 11 is 4.04. The minimum atomic E-state index is 0.137. The van der Waals surface area contributed by atoms with Gasteiger partial charge in [-0.3, -0.25) is 0 Å². The molecule has 0 fully saturated rings. The fourth-order valence-electron chi connectivity index (χ4n) is 1.34. The van der Waals surface area contributed by atoms with Crippen molar-refractivity contribution in [1.29, 1.82) is 0 Å². The molecule has 1 nitrogen and oxygen atoms in total. The summed E-state index contributed by atoms with van der Waals surface area (Å²) in [7, 11) is 0. The van der Waals surface area contributed by atoms with Crippen molar-refractivity contribution >= 4 is 33.9 Å². The lowest BCUT2D eigenvalue weighted by molar-refractivity contribution is 0.573. The van der Waals surface area contributed by atoms with Crippen LogP contribution < -0.4 is 0 Å². The van der Waals surface area contributed by atoms with Crippen LogP contribution in [0, 0.1) is 3.57 Å². The van der Waals surface area contributed by atoms with Crippen LogP contribution in [0.25, 0.3) is 10.6 Å². The molecule has 0 aliphatic heterocycles. The number of nitrogens with zero attached hydrogens (tertiary/aromatic N) is 1. The maximum absolute atomic E-state index is 4.70. The predicted octanol–water partition coefficient (Wildman–Crippen LogP) is 4.71. The van der Waals surface area contributed by atoms with Gasteiger partial charge in [-0.2, -0.15) is 0 Å². The molecule has 0 aliphatic carbocycles. The van der Waals surface area contributed by atoms with Crippen molar-refractivity contribution in [3.05, 3.63) is 38.9 Å². The molecule has 0 saturated heterocycles.